The molecule has 0 aromatic rings. The Morgan fingerprint density at radius 1 is 0.714 bits per heavy atom. The van der Waals surface area contributed by atoms with Crippen molar-refractivity contribution in [1.82, 2.24) is 0 Å². The largest absolute Gasteiger partial charge is 0.151 e. The van der Waals surface area contributed by atoms with E-state index in [1.807, 2.05) is 0 Å². The number of alkyl halides is 4. The van der Waals surface area contributed by atoms with Crippen molar-refractivity contribution < 1.29 is 0 Å². The smallest absolute Gasteiger partial charge is 0.0983 e. The molecule has 0 aliphatic rings. The fourth-order valence-electron chi connectivity index (χ4n) is 1.16. The molecule has 0 nitrogen and oxygen atoms in total. The van der Waals surface area contributed by atoms with Crippen LogP contribution in [0.5, 0.6) is 0 Å². The average Bonchev–Trinajstić information content (AvgIpc) is 2.11. The van der Waals surface area contributed by atoms with E-state index in [0.717, 1.165) is 25.7 Å². The highest BCUT2D eigenvalue weighted by molar-refractivity contribution is 6.62. The summed E-state index contributed by atoms with van der Waals surface area (Å²) >= 11 is 24.6. The summed E-state index contributed by atoms with van der Waals surface area (Å²) < 4.78 is -2.05. The third-order valence-electron chi connectivity index (χ3n) is 2.22. The first-order valence-electron chi connectivity index (χ1n) is 5.13. The van der Waals surface area contributed by atoms with Crippen molar-refractivity contribution in [2.75, 3.05) is 0 Å². The van der Waals surface area contributed by atoms with Crippen LogP contribution in [0.4, 0.5) is 0 Å². The summed E-state index contributed by atoms with van der Waals surface area (Å²) in [7, 11) is 0. The molecule has 14 heavy (non-hydrogen) atoms. The van der Waals surface area contributed by atoms with Crippen LogP contribution in [0.25, 0.3) is 0 Å². The minimum Gasteiger partial charge on any atom is -0.0983 e. The van der Waals surface area contributed by atoms with Crippen molar-refractivity contribution in [3.05, 3.63) is 0 Å². The number of rotatable bonds is 7. The van der Waals surface area contributed by atoms with Crippen molar-refractivity contribution in [1.29, 1.82) is 0 Å². The minimum absolute atomic E-state index is 0.642. The molecule has 4 heteroatoms. The predicted octanol–water partition coefficient (Wildman–Crippen LogP) is 5.71. The van der Waals surface area contributed by atoms with Gasteiger partial charge in [-0.25, -0.2) is 0 Å². The Balaban J connectivity index is 4.20. The maximum atomic E-state index is 6.14. The normalized spacial score (nSPS) is 13.3. The van der Waals surface area contributed by atoms with Gasteiger partial charge in [0.25, 0.3) is 0 Å². The maximum absolute atomic E-state index is 6.14. The Hall–Kier alpha value is 1.16. The van der Waals surface area contributed by atoms with Gasteiger partial charge in [-0.2, -0.15) is 0 Å². The Morgan fingerprint density at radius 3 is 1.21 bits per heavy atom. The third-order valence-corrected chi connectivity index (χ3v) is 4.66. The van der Waals surface area contributed by atoms with E-state index >= 15 is 0 Å². The molecule has 0 aromatic carbocycles. The van der Waals surface area contributed by atoms with E-state index in [1.54, 1.807) is 0 Å². The lowest BCUT2D eigenvalue weighted by atomic mass is 10.1. The molecule has 0 aliphatic carbocycles. The van der Waals surface area contributed by atoms with Crippen LogP contribution in [0.2, 0.25) is 0 Å². The molecule has 0 atom stereocenters. The molecular formula is C10H18Cl4. The van der Waals surface area contributed by atoms with Crippen molar-refractivity contribution >= 4 is 46.4 Å². The molecule has 86 valence electrons. The quantitative estimate of drug-likeness (QED) is 0.523. The van der Waals surface area contributed by atoms with E-state index in [1.165, 1.54) is 0 Å². The first-order chi connectivity index (χ1) is 6.37. The predicted molar refractivity (Wildman–Crippen MR) is 67.9 cm³/mol. The molecule has 0 aliphatic heterocycles. The highest BCUT2D eigenvalue weighted by atomic mass is 35.5. The molecule has 0 amide bonds. The van der Waals surface area contributed by atoms with Gasteiger partial charge in [0.2, 0.25) is 0 Å². The van der Waals surface area contributed by atoms with Crippen LogP contribution >= 0.6 is 46.4 Å². The van der Waals surface area contributed by atoms with Gasteiger partial charge in [0.05, 0.1) is 0 Å². The molecule has 0 unspecified atom stereocenters. The highest BCUT2D eigenvalue weighted by Crippen LogP contribution is 2.48. The second-order valence-corrected chi connectivity index (χ2v) is 6.58. The van der Waals surface area contributed by atoms with Gasteiger partial charge in [-0.1, -0.05) is 85.9 Å². The van der Waals surface area contributed by atoms with E-state index in [-0.39, 0.29) is 0 Å². The van der Waals surface area contributed by atoms with Crippen LogP contribution < -0.4 is 0 Å². The van der Waals surface area contributed by atoms with E-state index in [4.69, 9.17) is 46.4 Å². The molecule has 0 heterocycles. The second-order valence-electron chi connectivity index (χ2n) is 3.62. The Bertz CT molecular complexity index is 136. The molecule has 0 radical (unpaired) electrons. The zero-order chi connectivity index (χ0) is 11.2. The van der Waals surface area contributed by atoms with Crippen LogP contribution in [-0.4, -0.2) is 8.67 Å². The van der Waals surface area contributed by atoms with Crippen LogP contribution in [0, 0.1) is 0 Å². The van der Waals surface area contributed by atoms with Crippen LogP contribution in [-0.2, 0) is 0 Å². The number of hydrogen-bond acceptors (Lipinski definition) is 0. The molecule has 0 aromatic heterocycles. The first kappa shape index (κ1) is 15.2. The average molecular weight is 280 g/mol. The Labute approximate surface area is 107 Å². The standard InChI is InChI=1S/C10H18Cl4/c1-3-5-7-9(11,12)10(13,14)8-6-4-2/h3-8H2,1-2H3. The minimum atomic E-state index is -1.03. The fraction of sp³-hybridized carbons (Fsp3) is 1.00. The van der Waals surface area contributed by atoms with Crippen molar-refractivity contribution in [2.24, 2.45) is 0 Å². The van der Waals surface area contributed by atoms with Gasteiger partial charge in [0.1, 0.15) is 0 Å². The molecule has 0 fully saturated rings. The van der Waals surface area contributed by atoms with Gasteiger partial charge < -0.3 is 0 Å². The zero-order valence-electron chi connectivity index (χ0n) is 8.75. The lowest BCUT2D eigenvalue weighted by Gasteiger charge is -2.32. The molecule has 0 rings (SSSR count). The van der Waals surface area contributed by atoms with E-state index in [9.17, 15) is 0 Å². The lowest BCUT2D eigenvalue weighted by Crippen LogP contribution is -2.36. The molecule has 0 saturated heterocycles. The van der Waals surface area contributed by atoms with E-state index < -0.39 is 8.67 Å². The number of hydrogen-bond donors (Lipinski definition) is 0. The third kappa shape index (κ3) is 4.79. The van der Waals surface area contributed by atoms with E-state index in [0.29, 0.717) is 12.8 Å². The van der Waals surface area contributed by atoms with Gasteiger partial charge in [0.15, 0.2) is 8.67 Å². The summed E-state index contributed by atoms with van der Waals surface area (Å²) in [6.45, 7) is 4.17. The van der Waals surface area contributed by atoms with Crippen molar-refractivity contribution in [3.8, 4) is 0 Å². The van der Waals surface area contributed by atoms with Crippen molar-refractivity contribution in [3.63, 3.8) is 0 Å². The first-order valence-corrected chi connectivity index (χ1v) is 6.64. The molecular weight excluding hydrogens is 262 g/mol. The highest BCUT2D eigenvalue weighted by Gasteiger charge is 2.45. The zero-order valence-corrected chi connectivity index (χ0v) is 11.8. The SMILES string of the molecule is CCCCC(Cl)(Cl)C(Cl)(Cl)CCCC. The van der Waals surface area contributed by atoms with Gasteiger partial charge in [-0.05, 0) is 12.8 Å². The summed E-state index contributed by atoms with van der Waals surface area (Å²) in [5.74, 6) is 0. The summed E-state index contributed by atoms with van der Waals surface area (Å²) in [4.78, 5) is 0. The topological polar surface area (TPSA) is 0 Å². The molecule has 0 N–H and O–H groups in total. The van der Waals surface area contributed by atoms with Gasteiger partial charge in [0, 0.05) is 0 Å². The summed E-state index contributed by atoms with van der Waals surface area (Å²) in [5.41, 5.74) is 0. The summed E-state index contributed by atoms with van der Waals surface area (Å²) in [5, 5.41) is 0. The number of halogens is 4. The summed E-state index contributed by atoms with van der Waals surface area (Å²) in [6.07, 6.45) is 5.25. The fourth-order valence-corrected chi connectivity index (χ4v) is 2.08. The van der Waals surface area contributed by atoms with Crippen LogP contribution in [0.15, 0.2) is 0 Å². The van der Waals surface area contributed by atoms with Crippen molar-refractivity contribution in [2.45, 2.75) is 61.0 Å². The van der Waals surface area contributed by atoms with Gasteiger partial charge in [-0.3, -0.25) is 0 Å². The Morgan fingerprint density at radius 2 is 1.00 bits per heavy atom. The van der Waals surface area contributed by atoms with Crippen LogP contribution in [0.3, 0.4) is 0 Å². The molecule has 0 spiro atoms. The van der Waals surface area contributed by atoms with Gasteiger partial charge >= 0.3 is 0 Å². The summed E-state index contributed by atoms with van der Waals surface area (Å²) in [6, 6.07) is 0. The Kier molecular flexibility index (Phi) is 7.23. The second kappa shape index (κ2) is 6.68. The van der Waals surface area contributed by atoms with Gasteiger partial charge in [-0.15, -0.1) is 0 Å². The van der Waals surface area contributed by atoms with E-state index in [2.05, 4.69) is 13.8 Å². The lowest BCUT2D eigenvalue weighted by molar-refractivity contribution is 0.527. The maximum Gasteiger partial charge on any atom is 0.151 e. The monoisotopic (exact) mass is 278 g/mol. The van der Waals surface area contributed by atoms with Crippen LogP contribution in [0.1, 0.15) is 52.4 Å². The number of unbranched alkanes of at least 4 members (excludes halogenated alkanes) is 2. The molecule has 0 bridgehead atoms. The molecule has 0 saturated carbocycles.